The van der Waals surface area contributed by atoms with E-state index in [0.29, 0.717) is 18.5 Å². The summed E-state index contributed by atoms with van der Waals surface area (Å²) in [5.74, 6) is 0.505. The van der Waals surface area contributed by atoms with Crippen molar-refractivity contribution in [3.8, 4) is 0 Å². The Morgan fingerprint density at radius 3 is 2.65 bits per heavy atom. The molecule has 0 aromatic carbocycles. The average Bonchev–Trinajstić information content (AvgIpc) is 2.44. The van der Waals surface area contributed by atoms with Crippen molar-refractivity contribution in [1.82, 2.24) is 9.80 Å². The van der Waals surface area contributed by atoms with Gasteiger partial charge < -0.3 is 10.5 Å². The first-order chi connectivity index (χ1) is 9.55. The van der Waals surface area contributed by atoms with Gasteiger partial charge in [0.1, 0.15) is 0 Å². The Morgan fingerprint density at radius 1 is 1.30 bits per heavy atom. The number of nitrogens with two attached hydrogens (primary N) is 1. The molecule has 2 aliphatic heterocycles. The Morgan fingerprint density at radius 2 is 2.05 bits per heavy atom. The molecule has 20 heavy (non-hydrogen) atoms. The second kappa shape index (κ2) is 6.73. The van der Waals surface area contributed by atoms with Crippen LogP contribution in [0.1, 0.15) is 40.0 Å². The topological polar surface area (TPSA) is 41.7 Å². The van der Waals surface area contributed by atoms with Crippen molar-refractivity contribution < 1.29 is 4.74 Å². The van der Waals surface area contributed by atoms with Crippen molar-refractivity contribution >= 4 is 0 Å². The standard InChI is InChI=1S/C16H33N3O/c1-13(2)16(11-17,12-20-4)19-10-15-7-5-6-8-18(15)9-14(19)3/h13-15H,5-12,17H2,1-4H3. The van der Waals surface area contributed by atoms with E-state index in [-0.39, 0.29) is 5.54 Å². The SMILES string of the molecule is COCC(CN)(C(C)C)N1CC2CCCCN2CC1C. The molecule has 2 heterocycles. The van der Waals surface area contributed by atoms with Crippen molar-refractivity contribution in [3.05, 3.63) is 0 Å². The van der Waals surface area contributed by atoms with Crippen LogP contribution >= 0.6 is 0 Å². The minimum Gasteiger partial charge on any atom is -0.383 e. The van der Waals surface area contributed by atoms with E-state index in [4.69, 9.17) is 10.5 Å². The molecular formula is C16H33N3O. The van der Waals surface area contributed by atoms with E-state index < -0.39 is 0 Å². The molecule has 0 amide bonds. The third kappa shape index (κ3) is 2.89. The van der Waals surface area contributed by atoms with Gasteiger partial charge in [0.2, 0.25) is 0 Å². The lowest BCUT2D eigenvalue weighted by Crippen LogP contribution is -2.70. The van der Waals surface area contributed by atoms with E-state index in [1.165, 1.54) is 32.4 Å². The Hall–Kier alpha value is -0.160. The summed E-state index contributed by atoms with van der Waals surface area (Å²) in [7, 11) is 1.80. The highest BCUT2D eigenvalue weighted by molar-refractivity contribution is 5.01. The summed E-state index contributed by atoms with van der Waals surface area (Å²) < 4.78 is 5.56. The first-order valence-electron chi connectivity index (χ1n) is 8.25. The third-order valence-electron chi connectivity index (χ3n) is 5.58. The van der Waals surface area contributed by atoms with Gasteiger partial charge in [-0.25, -0.2) is 0 Å². The van der Waals surface area contributed by atoms with Crippen LogP contribution in [0.15, 0.2) is 0 Å². The number of hydrogen-bond donors (Lipinski definition) is 1. The fraction of sp³-hybridized carbons (Fsp3) is 1.00. The zero-order valence-corrected chi connectivity index (χ0v) is 13.8. The van der Waals surface area contributed by atoms with Crippen LogP contribution in [0.25, 0.3) is 0 Å². The Bertz CT molecular complexity index is 310. The lowest BCUT2D eigenvalue weighted by Gasteiger charge is -2.56. The van der Waals surface area contributed by atoms with Crippen LogP contribution in [0.2, 0.25) is 0 Å². The lowest BCUT2D eigenvalue weighted by atomic mass is 9.82. The maximum atomic E-state index is 6.22. The molecule has 3 unspecified atom stereocenters. The molecule has 4 nitrogen and oxygen atoms in total. The van der Waals surface area contributed by atoms with E-state index in [2.05, 4.69) is 30.6 Å². The predicted octanol–water partition coefficient (Wildman–Crippen LogP) is 1.54. The van der Waals surface area contributed by atoms with Gasteiger partial charge in [0.05, 0.1) is 12.1 Å². The third-order valence-corrected chi connectivity index (χ3v) is 5.58. The van der Waals surface area contributed by atoms with E-state index in [9.17, 15) is 0 Å². The van der Waals surface area contributed by atoms with Crippen LogP contribution in [0, 0.1) is 5.92 Å². The van der Waals surface area contributed by atoms with Crippen LogP contribution < -0.4 is 5.73 Å². The monoisotopic (exact) mass is 283 g/mol. The number of rotatable bonds is 5. The summed E-state index contributed by atoms with van der Waals surface area (Å²) in [6.07, 6.45) is 4.09. The molecule has 2 saturated heterocycles. The van der Waals surface area contributed by atoms with Gasteiger partial charge in [-0.3, -0.25) is 9.80 Å². The molecule has 3 atom stereocenters. The summed E-state index contributed by atoms with van der Waals surface area (Å²) >= 11 is 0. The Kier molecular flexibility index (Phi) is 5.46. The summed E-state index contributed by atoms with van der Waals surface area (Å²) in [5, 5.41) is 0. The molecule has 0 aromatic rings. The van der Waals surface area contributed by atoms with Crippen molar-refractivity contribution in [3.63, 3.8) is 0 Å². The van der Waals surface area contributed by atoms with E-state index in [0.717, 1.165) is 19.2 Å². The van der Waals surface area contributed by atoms with Gasteiger partial charge in [-0.2, -0.15) is 0 Å². The maximum Gasteiger partial charge on any atom is 0.0661 e. The molecule has 2 rings (SSSR count). The van der Waals surface area contributed by atoms with Gasteiger partial charge in [0.15, 0.2) is 0 Å². The minimum atomic E-state index is -0.0162. The van der Waals surface area contributed by atoms with Crippen molar-refractivity contribution in [2.75, 3.05) is 39.9 Å². The smallest absolute Gasteiger partial charge is 0.0661 e. The fourth-order valence-corrected chi connectivity index (χ4v) is 4.22. The van der Waals surface area contributed by atoms with Crippen LogP contribution in [-0.4, -0.2) is 67.3 Å². The summed E-state index contributed by atoms with van der Waals surface area (Å²) in [5.41, 5.74) is 6.20. The largest absolute Gasteiger partial charge is 0.383 e. The second-order valence-electron chi connectivity index (χ2n) is 7.04. The molecule has 0 aromatic heterocycles. The summed E-state index contributed by atoms with van der Waals surface area (Å²) in [6, 6.07) is 1.28. The van der Waals surface area contributed by atoms with Crippen LogP contribution in [-0.2, 0) is 4.74 Å². The van der Waals surface area contributed by atoms with E-state index >= 15 is 0 Å². The van der Waals surface area contributed by atoms with Crippen LogP contribution in [0.4, 0.5) is 0 Å². The zero-order valence-electron chi connectivity index (χ0n) is 13.8. The maximum absolute atomic E-state index is 6.22. The van der Waals surface area contributed by atoms with Gasteiger partial charge in [-0.05, 0) is 32.2 Å². The second-order valence-corrected chi connectivity index (χ2v) is 7.04. The number of ether oxygens (including phenoxy) is 1. The molecule has 2 fully saturated rings. The molecule has 0 bridgehead atoms. The minimum absolute atomic E-state index is 0.0162. The van der Waals surface area contributed by atoms with Gasteiger partial charge in [0, 0.05) is 38.8 Å². The van der Waals surface area contributed by atoms with Gasteiger partial charge in [0.25, 0.3) is 0 Å². The molecule has 2 aliphatic rings. The normalized spacial score (nSPS) is 32.1. The molecular weight excluding hydrogens is 250 g/mol. The molecule has 2 N–H and O–H groups in total. The van der Waals surface area contributed by atoms with Crippen molar-refractivity contribution in [2.45, 2.75) is 57.7 Å². The van der Waals surface area contributed by atoms with Crippen molar-refractivity contribution in [2.24, 2.45) is 11.7 Å². The lowest BCUT2D eigenvalue weighted by molar-refractivity contribution is -0.0890. The predicted molar refractivity (Wildman–Crippen MR) is 83.9 cm³/mol. The number of fused-ring (bicyclic) bond motifs is 1. The first-order valence-corrected chi connectivity index (χ1v) is 8.25. The molecule has 4 heteroatoms. The number of methoxy groups -OCH3 is 1. The quantitative estimate of drug-likeness (QED) is 0.831. The highest BCUT2D eigenvalue weighted by Gasteiger charge is 2.45. The Labute approximate surface area is 124 Å². The fourth-order valence-electron chi connectivity index (χ4n) is 4.22. The Balaban J connectivity index is 2.19. The summed E-state index contributed by atoms with van der Waals surface area (Å²) in [4.78, 5) is 5.35. The van der Waals surface area contributed by atoms with E-state index in [1.807, 2.05) is 0 Å². The first kappa shape index (κ1) is 16.2. The number of hydrogen-bond acceptors (Lipinski definition) is 4. The highest BCUT2D eigenvalue weighted by atomic mass is 16.5. The number of piperazine rings is 1. The van der Waals surface area contributed by atoms with E-state index in [1.54, 1.807) is 7.11 Å². The van der Waals surface area contributed by atoms with Crippen LogP contribution in [0.5, 0.6) is 0 Å². The zero-order chi connectivity index (χ0) is 14.8. The summed E-state index contributed by atoms with van der Waals surface area (Å²) in [6.45, 7) is 12.0. The van der Waals surface area contributed by atoms with Gasteiger partial charge in [-0.1, -0.05) is 20.3 Å². The molecule has 0 spiro atoms. The van der Waals surface area contributed by atoms with Gasteiger partial charge >= 0.3 is 0 Å². The van der Waals surface area contributed by atoms with Crippen molar-refractivity contribution in [1.29, 1.82) is 0 Å². The number of piperidine rings is 1. The van der Waals surface area contributed by atoms with Crippen LogP contribution in [0.3, 0.4) is 0 Å². The molecule has 0 aliphatic carbocycles. The number of nitrogens with zero attached hydrogens (tertiary/aromatic N) is 2. The molecule has 0 saturated carbocycles. The van der Waals surface area contributed by atoms with Gasteiger partial charge in [-0.15, -0.1) is 0 Å². The highest BCUT2D eigenvalue weighted by Crippen LogP contribution is 2.33. The average molecular weight is 283 g/mol. The molecule has 118 valence electrons. The molecule has 0 radical (unpaired) electrons.